The first-order chi connectivity index (χ1) is 7.25. The van der Waals surface area contributed by atoms with Crippen molar-refractivity contribution < 1.29 is 0 Å². The van der Waals surface area contributed by atoms with Gasteiger partial charge in [-0.25, -0.2) is 0 Å². The van der Waals surface area contributed by atoms with Gasteiger partial charge in [0.2, 0.25) is 0 Å². The number of piperidine rings is 1. The number of rotatable bonds is 2. The highest BCUT2D eigenvalue weighted by Crippen LogP contribution is 2.24. The zero-order chi connectivity index (χ0) is 10.7. The first kappa shape index (κ1) is 11.0. The number of hydrogen-bond acceptors (Lipinski definition) is 1. The molecule has 2 rings (SSSR count). The van der Waals surface area contributed by atoms with Gasteiger partial charge in [-0.1, -0.05) is 23.7 Å². The van der Waals surface area contributed by atoms with E-state index in [0.717, 1.165) is 30.5 Å². The normalized spacial score (nSPS) is 18.0. The van der Waals surface area contributed by atoms with Crippen molar-refractivity contribution in [1.82, 2.24) is 5.32 Å². The molecule has 1 N–H and O–H groups in total. The molecule has 1 aromatic carbocycles. The average Bonchev–Trinajstić information content (AvgIpc) is 2.24. The monoisotopic (exact) mass is 223 g/mol. The smallest absolute Gasteiger partial charge is 0.0440 e. The second-order valence-electron chi connectivity index (χ2n) is 4.49. The third-order valence-corrected chi connectivity index (χ3v) is 3.53. The van der Waals surface area contributed by atoms with Gasteiger partial charge in [0.25, 0.3) is 0 Å². The van der Waals surface area contributed by atoms with Crippen LogP contribution in [0.1, 0.15) is 24.0 Å². The number of halogens is 1. The standard InChI is InChI=1S/C13H18ClN/c1-10-2-3-12(13(14)8-10)9-11-4-6-15-7-5-11/h2-3,8,11,15H,4-7,9H2,1H3. The predicted octanol–water partition coefficient (Wildman–Crippen LogP) is 3.19. The fourth-order valence-electron chi connectivity index (χ4n) is 2.21. The molecule has 1 heterocycles. The Kier molecular flexibility index (Phi) is 3.66. The fourth-order valence-corrected chi connectivity index (χ4v) is 2.53. The summed E-state index contributed by atoms with van der Waals surface area (Å²) in [5.41, 5.74) is 2.56. The van der Waals surface area contributed by atoms with Gasteiger partial charge in [-0.05, 0) is 62.4 Å². The quantitative estimate of drug-likeness (QED) is 0.812. The lowest BCUT2D eigenvalue weighted by atomic mass is 9.91. The van der Waals surface area contributed by atoms with Gasteiger partial charge >= 0.3 is 0 Å². The van der Waals surface area contributed by atoms with Crippen molar-refractivity contribution in [2.75, 3.05) is 13.1 Å². The molecule has 82 valence electrons. The summed E-state index contributed by atoms with van der Waals surface area (Å²) >= 11 is 6.23. The summed E-state index contributed by atoms with van der Waals surface area (Å²) < 4.78 is 0. The number of hydrogen-bond donors (Lipinski definition) is 1. The Balaban J connectivity index is 2.03. The topological polar surface area (TPSA) is 12.0 Å². The summed E-state index contributed by atoms with van der Waals surface area (Å²) in [7, 11) is 0. The van der Waals surface area contributed by atoms with Gasteiger partial charge in [0.1, 0.15) is 0 Å². The van der Waals surface area contributed by atoms with Gasteiger partial charge in [-0.15, -0.1) is 0 Å². The lowest BCUT2D eigenvalue weighted by molar-refractivity contribution is 0.372. The molecule has 1 fully saturated rings. The minimum absolute atomic E-state index is 0.812. The SMILES string of the molecule is Cc1ccc(CC2CCNCC2)c(Cl)c1. The summed E-state index contributed by atoms with van der Waals surface area (Å²) in [6.07, 6.45) is 3.70. The van der Waals surface area contributed by atoms with Crippen LogP contribution in [0, 0.1) is 12.8 Å². The first-order valence-electron chi connectivity index (χ1n) is 5.71. The highest BCUT2D eigenvalue weighted by atomic mass is 35.5. The van der Waals surface area contributed by atoms with E-state index in [4.69, 9.17) is 11.6 Å². The van der Waals surface area contributed by atoms with Crippen molar-refractivity contribution in [1.29, 1.82) is 0 Å². The van der Waals surface area contributed by atoms with E-state index in [0.29, 0.717) is 0 Å². The third-order valence-electron chi connectivity index (χ3n) is 3.18. The zero-order valence-electron chi connectivity index (χ0n) is 9.22. The van der Waals surface area contributed by atoms with E-state index < -0.39 is 0 Å². The Bertz CT molecular complexity index is 329. The number of nitrogens with one attached hydrogen (secondary N) is 1. The highest BCUT2D eigenvalue weighted by Gasteiger charge is 2.14. The van der Waals surface area contributed by atoms with Crippen molar-refractivity contribution in [2.45, 2.75) is 26.2 Å². The van der Waals surface area contributed by atoms with E-state index in [1.54, 1.807) is 0 Å². The van der Waals surface area contributed by atoms with Crippen LogP contribution in [-0.2, 0) is 6.42 Å². The van der Waals surface area contributed by atoms with Crippen molar-refractivity contribution >= 4 is 11.6 Å². The van der Waals surface area contributed by atoms with Crippen LogP contribution >= 0.6 is 11.6 Å². The van der Waals surface area contributed by atoms with Crippen molar-refractivity contribution in [2.24, 2.45) is 5.92 Å². The molecule has 0 amide bonds. The molecule has 1 aliphatic rings. The van der Waals surface area contributed by atoms with Crippen LogP contribution in [0.3, 0.4) is 0 Å². The van der Waals surface area contributed by atoms with Gasteiger partial charge in [0.05, 0.1) is 0 Å². The zero-order valence-corrected chi connectivity index (χ0v) is 9.98. The molecule has 1 saturated heterocycles. The fraction of sp³-hybridized carbons (Fsp3) is 0.538. The van der Waals surface area contributed by atoms with Gasteiger partial charge in [-0.2, -0.15) is 0 Å². The van der Waals surface area contributed by atoms with E-state index >= 15 is 0 Å². The molecule has 15 heavy (non-hydrogen) atoms. The van der Waals surface area contributed by atoms with Crippen LogP contribution < -0.4 is 5.32 Å². The minimum Gasteiger partial charge on any atom is -0.317 e. The molecule has 0 spiro atoms. The molecule has 1 aliphatic heterocycles. The highest BCUT2D eigenvalue weighted by molar-refractivity contribution is 6.31. The Morgan fingerprint density at radius 2 is 2.07 bits per heavy atom. The lowest BCUT2D eigenvalue weighted by Gasteiger charge is -2.23. The summed E-state index contributed by atoms with van der Waals surface area (Å²) in [4.78, 5) is 0. The predicted molar refractivity (Wildman–Crippen MR) is 65.5 cm³/mol. The third kappa shape index (κ3) is 2.96. The molecule has 0 saturated carbocycles. The molecule has 1 aromatic rings. The summed E-state index contributed by atoms with van der Waals surface area (Å²) in [5, 5.41) is 4.33. The number of aryl methyl sites for hydroxylation is 1. The van der Waals surface area contributed by atoms with Crippen molar-refractivity contribution in [3.8, 4) is 0 Å². The van der Waals surface area contributed by atoms with Gasteiger partial charge in [-0.3, -0.25) is 0 Å². The van der Waals surface area contributed by atoms with E-state index in [2.05, 4.69) is 30.4 Å². The molecule has 0 bridgehead atoms. The van der Waals surface area contributed by atoms with Crippen LogP contribution in [0.4, 0.5) is 0 Å². The molecule has 0 aliphatic carbocycles. The van der Waals surface area contributed by atoms with Gasteiger partial charge in [0.15, 0.2) is 0 Å². The van der Waals surface area contributed by atoms with E-state index in [-0.39, 0.29) is 0 Å². The summed E-state index contributed by atoms with van der Waals surface area (Å²) in [6, 6.07) is 6.40. The molecule has 1 nitrogen and oxygen atoms in total. The maximum atomic E-state index is 6.23. The largest absolute Gasteiger partial charge is 0.317 e. The first-order valence-corrected chi connectivity index (χ1v) is 6.09. The summed E-state index contributed by atoms with van der Waals surface area (Å²) in [6.45, 7) is 4.41. The van der Waals surface area contributed by atoms with Crippen LogP contribution in [0.25, 0.3) is 0 Å². The second kappa shape index (κ2) is 5.00. The van der Waals surface area contributed by atoms with Crippen LogP contribution in [0.15, 0.2) is 18.2 Å². The minimum atomic E-state index is 0.812. The molecular formula is C13H18ClN. The Morgan fingerprint density at radius 1 is 1.33 bits per heavy atom. The number of benzene rings is 1. The second-order valence-corrected chi connectivity index (χ2v) is 4.90. The molecular weight excluding hydrogens is 206 g/mol. The average molecular weight is 224 g/mol. The van der Waals surface area contributed by atoms with E-state index in [1.165, 1.54) is 24.0 Å². The Hall–Kier alpha value is -0.530. The van der Waals surface area contributed by atoms with Crippen molar-refractivity contribution in [3.05, 3.63) is 34.3 Å². The van der Waals surface area contributed by atoms with Crippen LogP contribution in [0.2, 0.25) is 5.02 Å². The lowest BCUT2D eigenvalue weighted by Crippen LogP contribution is -2.28. The van der Waals surface area contributed by atoms with Gasteiger partial charge in [0, 0.05) is 5.02 Å². The van der Waals surface area contributed by atoms with Crippen LogP contribution in [-0.4, -0.2) is 13.1 Å². The maximum Gasteiger partial charge on any atom is 0.0440 e. The molecule has 2 heteroatoms. The van der Waals surface area contributed by atoms with Crippen molar-refractivity contribution in [3.63, 3.8) is 0 Å². The Morgan fingerprint density at radius 3 is 2.73 bits per heavy atom. The molecule has 0 aromatic heterocycles. The van der Waals surface area contributed by atoms with Crippen LogP contribution in [0.5, 0.6) is 0 Å². The molecule has 0 unspecified atom stereocenters. The van der Waals surface area contributed by atoms with Gasteiger partial charge < -0.3 is 5.32 Å². The van der Waals surface area contributed by atoms with E-state index in [1.807, 2.05) is 0 Å². The van der Waals surface area contributed by atoms with E-state index in [9.17, 15) is 0 Å². The Labute approximate surface area is 96.8 Å². The maximum absolute atomic E-state index is 6.23. The molecule has 0 atom stereocenters. The summed E-state index contributed by atoms with van der Waals surface area (Å²) in [5.74, 6) is 0.812. The molecule has 0 radical (unpaired) electrons.